The number of aromatic amines is 1. The number of ether oxygens (including phenoxy) is 1. The fourth-order valence-electron chi connectivity index (χ4n) is 2.63. The number of H-pyrrole nitrogens is 1. The second-order valence-corrected chi connectivity index (χ2v) is 5.90. The maximum atomic E-state index is 5.79. The van der Waals surface area contributed by atoms with E-state index in [0.717, 1.165) is 37.0 Å². The van der Waals surface area contributed by atoms with Crippen LogP contribution >= 0.6 is 0 Å². The Morgan fingerprint density at radius 1 is 1.32 bits per heavy atom. The van der Waals surface area contributed by atoms with Crippen molar-refractivity contribution >= 4 is 0 Å². The van der Waals surface area contributed by atoms with Crippen molar-refractivity contribution in [2.45, 2.75) is 44.8 Å². The molecule has 0 spiro atoms. The first-order valence-electron chi connectivity index (χ1n) is 7.89. The topological polar surface area (TPSA) is 93.0 Å². The Balaban J connectivity index is 1.39. The normalized spacial score (nSPS) is 23.0. The van der Waals surface area contributed by atoms with Crippen LogP contribution in [0.15, 0.2) is 4.42 Å². The third-order valence-electron chi connectivity index (χ3n) is 4.09. The molecule has 0 bridgehead atoms. The van der Waals surface area contributed by atoms with Crippen molar-refractivity contribution in [3.8, 4) is 0 Å². The second kappa shape index (κ2) is 5.77. The number of aryl methyl sites for hydroxylation is 1. The number of hydrogen-bond acceptors (Lipinski definition) is 7. The molecule has 1 N–H and O–H groups in total. The van der Waals surface area contributed by atoms with E-state index in [4.69, 9.17) is 9.15 Å². The summed E-state index contributed by atoms with van der Waals surface area (Å²) in [4.78, 5) is 6.71. The molecule has 118 valence electrons. The van der Waals surface area contributed by atoms with E-state index in [1.165, 1.54) is 12.8 Å². The zero-order valence-corrected chi connectivity index (χ0v) is 12.7. The monoisotopic (exact) mass is 304 g/mol. The minimum absolute atomic E-state index is 0.101. The maximum Gasteiger partial charge on any atom is 0.230 e. The summed E-state index contributed by atoms with van der Waals surface area (Å²) < 4.78 is 11.5. The van der Waals surface area contributed by atoms with Gasteiger partial charge in [0.05, 0.1) is 13.2 Å². The average molecular weight is 304 g/mol. The van der Waals surface area contributed by atoms with E-state index in [1.54, 1.807) is 0 Å². The summed E-state index contributed by atoms with van der Waals surface area (Å²) in [6, 6.07) is 0. The van der Waals surface area contributed by atoms with Gasteiger partial charge in [0.25, 0.3) is 0 Å². The number of aromatic nitrogens is 5. The molecule has 1 saturated carbocycles. The van der Waals surface area contributed by atoms with E-state index in [-0.39, 0.29) is 6.10 Å². The van der Waals surface area contributed by atoms with Gasteiger partial charge in [0.15, 0.2) is 5.82 Å². The highest BCUT2D eigenvalue weighted by atomic mass is 16.5. The predicted molar refractivity (Wildman–Crippen MR) is 76.0 cm³/mol. The number of nitrogens with one attached hydrogen (secondary N) is 1. The van der Waals surface area contributed by atoms with Crippen LogP contribution in [-0.4, -0.2) is 50.0 Å². The molecule has 2 aromatic rings. The predicted octanol–water partition coefficient (Wildman–Crippen LogP) is 1.20. The van der Waals surface area contributed by atoms with Crippen LogP contribution in [0.25, 0.3) is 0 Å². The molecule has 4 rings (SSSR count). The summed E-state index contributed by atoms with van der Waals surface area (Å²) in [5.41, 5.74) is 0. The number of nitrogens with zero attached hydrogens (tertiary/aromatic N) is 5. The van der Waals surface area contributed by atoms with Gasteiger partial charge in [-0.15, -0.1) is 10.2 Å². The highest BCUT2D eigenvalue weighted by Gasteiger charge is 2.30. The quantitative estimate of drug-likeness (QED) is 0.887. The highest BCUT2D eigenvalue weighted by molar-refractivity contribution is 5.00. The molecule has 1 aliphatic carbocycles. The first-order chi connectivity index (χ1) is 10.8. The SMILES string of the molecule is CCc1nc([C@@H]2CN(Cc3nnc(C4CC4)o3)CCO2)n[nH]1. The number of rotatable bonds is 5. The Hall–Kier alpha value is -1.80. The molecule has 0 amide bonds. The Kier molecular flexibility index (Phi) is 3.63. The lowest BCUT2D eigenvalue weighted by atomic mass is 10.2. The summed E-state index contributed by atoms with van der Waals surface area (Å²) in [5, 5.41) is 15.5. The van der Waals surface area contributed by atoms with Gasteiger partial charge in [-0.05, 0) is 12.8 Å². The van der Waals surface area contributed by atoms with Crippen molar-refractivity contribution in [2.75, 3.05) is 19.7 Å². The van der Waals surface area contributed by atoms with E-state index < -0.39 is 0 Å². The summed E-state index contributed by atoms with van der Waals surface area (Å²) >= 11 is 0. The van der Waals surface area contributed by atoms with Crippen LogP contribution in [0.1, 0.15) is 55.2 Å². The van der Waals surface area contributed by atoms with Crippen molar-refractivity contribution in [3.63, 3.8) is 0 Å². The molecule has 1 atom stereocenters. The van der Waals surface area contributed by atoms with Crippen molar-refractivity contribution in [2.24, 2.45) is 0 Å². The van der Waals surface area contributed by atoms with Crippen LogP contribution in [0.5, 0.6) is 0 Å². The molecular weight excluding hydrogens is 284 g/mol. The molecule has 1 aliphatic heterocycles. The first kappa shape index (κ1) is 13.8. The van der Waals surface area contributed by atoms with E-state index in [9.17, 15) is 0 Å². The first-order valence-corrected chi connectivity index (χ1v) is 7.89. The van der Waals surface area contributed by atoms with Crippen molar-refractivity contribution in [1.82, 2.24) is 30.3 Å². The summed E-state index contributed by atoms with van der Waals surface area (Å²) in [7, 11) is 0. The van der Waals surface area contributed by atoms with Crippen LogP contribution in [0.2, 0.25) is 0 Å². The summed E-state index contributed by atoms with van der Waals surface area (Å²) in [5.74, 6) is 3.60. The molecule has 0 aromatic carbocycles. The Morgan fingerprint density at radius 3 is 3.00 bits per heavy atom. The Bertz CT molecular complexity index is 635. The van der Waals surface area contributed by atoms with Gasteiger partial charge in [0.2, 0.25) is 11.8 Å². The smallest absolute Gasteiger partial charge is 0.230 e. The molecule has 8 nitrogen and oxygen atoms in total. The molecule has 8 heteroatoms. The fraction of sp³-hybridized carbons (Fsp3) is 0.714. The third kappa shape index (κ3) is 2.89. The van der Waals surface area contributed by atoms with Crippen molar-refractivity contribution < 1.29 is 9.15 Å². The number of morpholine rings is 1. The molecule has 2 fully saturated rings. The lowest BCUT2D eigenvalue weighted by Gasteiger charge is -2.30. The highest BCUT2D eigenvalue weighted by Crippen LogP contribution is 2.39. The molecule has 1 saturated heterocycles. The van der Waals surface area contributed by atoms with Crippen LogP contribution < -0.4 is 0 Å². The van der Waals surface area contributed by atoms with Crippen LogP contribution in [0.3, 0.4) is 0 Å². The van der Waals surface area contributed by atoms with Crippen molar-refractivity contribution in [3.05, 3.63) is 23.4 Å². The van der Waals surface area contributed by atoms with Crippen LogP contribution in [0, 0.1) is 0 Å². The zero-order valence-electron chi connectivity index (χ0n) is 12.7. The largest absolute Gasteiger partial charge is 0.424 e. The van der Waals surface area contributed by atoms with Gasteiger partial charge in [-0.2, -0.15) is 5.10 Å². The van der Waals surface area contributed by atoms with Crippen molar-refractivity contribution in [1.29, 1.82) is 0 Å². The van der Waals surface area contributed by atoms with Gasteiger partial charge in [-0.3, -0.25) is 10.00 Å². The van der Waals surface area contributed by atoms with Gasteiger partial charge in [0, 0.05) is 25.4 Å². The van der Waals surface area contributed by atoms with Gasteiger partial charge in [-0.25, -0.2) is 4.98 Å². The molecule has 22 heavy (non-hydrogen) atoms. The van der Waals surface area contributed by atoms with E-state index in [0.29, 0.717) is 25.0 Å². The van der Waals surface area contributed by atoms with E-state index >= 15 is 0 Å². The van der Waals surface area contributed by atoms with E-state index in [2.05, 4.69) is 30.3 Å². The maximum absolute atomic E-state index is 5.79. The van der Waals surface area contributed by atoms with E-state index in [1.807, 2.05) is 6.92 Å². The minimum atomic E-state index is -0.101. The zero-order chi connectivity index (χ0) is 14.9. The van der Waals surface area contributed by atoms with Gasteiger partial charge >= 0.3 is 0 Å². The molecule has 2 aliphatic rings. The standard InChI is InChI=1S/C14H20N6O2/c1-2-11-15-13(18-16-11)10-7-20(5-6-21-10)8-12-17-19-14(22-12)9-3-4-9/h9-10H,2-8H2,1H3,(H,15,16,18)/t10-/m0/s1. The lowest BCUT2D eigenvalue weighted by Crippen LogP contribution is -2.38. The molecule has 0 radical (unpaired) electrons. The lowest BCUT2D eigenvalue weighted by molar-refractivity contribution is -0.0393. The summed E-state index contributed by atoms with van der Waals surface area (Å²) in [6.45, 7) is 4.95. The molecular formula is C14H20N6O2. The summed E-state index contributed by atoms with van der Waals surface area (Å²) in [6.07, 6.45) is 3.09. The van der Waals surface area contributed by atoms with Gasteiger partial charge in [0.1, 0.15) is 11.9 Å². The van der Waals surface area contributed by atoms with Gasteiger partial charge in [-0.1, -0.05) is 6.92 Å². The Morgan fingerprint density at radius 2 is 2.23 bits per heavy atom. The second-order valence-electron chi connectivity index (χ2n) is 5.90. The van der Waals surface area contributed by atoms with Crippen LogP contribution in [-0.2, 0) is 17.7 Å². The molecule has 3 heterocycles. The fourth-order valence-corrected chi connectivity index (χ4v) is 2.63. The van der Waals surface area contributed by atoms with Crippen LogP contribution in [0.4, 0.5) is 0 Å². The molecule has 0 unspecified atom stereocenters. The number of hydrogen-bond donors (Lipinski definition) is 1. The minimum Gasteiger partial charge on any atom is -0.424 e. The average Bonchev–Trinajstić information content (AvgIpc) is 3.10. The Labute approximate surface area is 128 Å². The van der Waals surface area contributed by atoms with Gasteiger partial charge < -0.3 is 9.15 Å². The third-order valence-corrected chi connectivity index (χ3v) is 4.09. The molecule has 2 aromatic heterocycles.